The fourth-order valence-electron chi connectivity index (χ4n) is 1.78. The van der Waals surface area contributed by atoms with Crippen LogP contribution in [-0.4, -0.2) is 31.7 Å². The van der Waals surface area contributed by atoms with Crippen LogP contribution in [0.1, 0.15) is 0 Å². The lowest BCUT2D eigenvalue weighted by atomic mass is 10.3. The van der Waals surface area contributed by atoms with Crippen molar-refractivity contribution in [1.82, 2.24) is 20.2 Å². The van der Waals surface area contributed by atoms with E-state index in [9.17, 15) is 14.3 Å². The summed E-state index contributed by atoms with van der Waals surface area (Å²) in [4.78, 5) is 17.5. The van der Waals surface area contributed by atoms with E-state index < -0.39 is 11.6 Å². The maximum Gasteiger partial charge on any atom is 0.211 e. The van der Waals surface area contributed by atoms with E-state index in [0.29, 0.717) is 34.6 Å². The SMILES string of the molecule is O=CNc1cn[nH]c1-c1nc2cc(O)c(F)cc2[nH]1. The van der Waals surface area contributed by atoms with Gasteiger partial charge < -0.3 is 15.4 Å². The molecule has 8 heteroatoms. The number of halogens is 1. The van der Waals surface area contributed by atoms with Crippen molar-refractivity contribution < 1.29 is 14.3 Å². The highest BCUT2D eigenvalue weighted by molar-refractivity contribution is 5.85. The van der Waals surface area contributed by atoms with Gasteiger partial charge in [-0.3, -0.25) is 9.89 Å². The Kier molecular flexibility index (Phi) is 2.41. The number of anilines is 1. The quantitative estimate of drug-likeness (QED) is 0.534. The van der Waals surface area contributed by atoms with Crippen LogP contribution in [0.5, 0.6) is 5.75 Å². The van der Waals surface area contributed by atoms with Crippen molar-refractivity contribution >= 4 is 23.1 Å². The van der Waals surface area contributed by atoms with Gasteiger partial charge in [0.15, 0.2) is 17.4 Å². The van der Waals surface area contributed by atoms with Gasteiger partial charge in [-0.15, -0.1) is 0 Å². The number of carbonyl (C=O) groups excluding carboxylic acids is 1. The molecule has 0 bridgehead atoms. The number of benzene rings is 1. The summed E-state index contributed by atoms with van der Waals surface area (Å²) in [6, 6.07) is 2.36. The van der Waals surface area contributed by atoms with Gasteiger partial charge in [-0.05, 0) is 0 Å². The topological polar surface area (TPSA) is 107 Å². The third-order valence-corrected chi connectivity index (χ3v) is 2.64. The molecule has 1 aromatic carbocycles. The normalized spacial score (nSPS) is 10.8. The number of aromatic hydroxyl groups is 1. The molecule has 0 atom stereocenters. The molecule has 0 fully saturated rings. The Morgan fingerprint density at radius 2 is 2.26 bits per heavy atom. The van der Waals surface area contributed by atoms with Gasteiger partial charge >= 0.3 is 0 Å². The standard InChI is InChI=1S/C11H8FN5O2/c12-5-1-6-7(2-9(5)19)16-11(15-6)10-8(13-4-18)3-14-17-10/h1-4,19H,(H,13,18)(H,14,17)(H,15,16). The van der Waals surface area contributed by atoms with E-state index in [0.717, 1.165) is 6.07 Å². The number of phenols is 1. The molecule has 0 spiro atoms. The van der Waals surface area contributed by atoms with Crippen LogP contribution < -0.4 is 5.32 Å². The average molecular weight is 261 g/mol. The highest BCUT2D eigenvalue weighted by Gasteiger charge is 2.13. The lowest BCUT2D eigenvalue weighted by Gasteiger charge is -1.96. The zero-order valence-corrected chi connectivity index (χ0v) is 9.44. The summed E-state index contributed by atoms with van der Waals surface area (Å²) in [6.45, 7) is 0. The Morgan fingerprint density at radius 3 is 3.05 bits per heavy atom. The largest absolute Gasteiger partial charge is 0.505 e. The molecule has 1 amide bonds. The molecule has 0 aliphatic heterocycles. The lowest BCUT2D eigenvalue weighted by Crippen LogP contribution is -1.94. The molecular weight excluding hydrogens is 253 g/mol. The molecule has 2 aromatic heterocycles. The molecule has 0 radical (unpaired) electrons. The molecule has 0 unspecified atom stereocenters. The molecule has 4 N–H and O–H groups in total. The van der Waals surface area contributed by atoms with Gasteiger partial charge in [0.25, 0.3) is 0 Å². The lowest BCUT2D eigenvalue weighted by molar-refractivity contribution is -0.105. The summed E-state index contributed by atoms with van der Waals surface area (Å²) in [6.07, 6.45) is 1.94. The number of nitrogens with one attached hydrogen (secondary N) is 3. The van der Waals surface area contributed by atoms with E-state index in [1.54, 1.807) is 0 Å². The Balaban J connectivity index is 2.15. The van der Waals surface area contributed by atoms with Crippen molar-refractivity contribution in [2.24, 2.45) is 0 Å². The molecule has 96 valence electrons. The van der Waals surface area contributed by atoms with E-state index in [-0.39, 0.29) is 0 Å². The molecule has 7 nitrogen and oxygen atoms in total. The number of amides is 1. The number of phenolic OH excluding ortho intramolecular Hbond substituents is 1. The van der Waals surface area contributed by atoms with Crippen LogP contribution in [0.3, 0.4) is 0 Å². The van der Waals surface area contributed by atoms with Crippen molar-refractivity contribution in [3.05, 3.63) is 24.1 Å². The Labute approximate surface area is 105 Å². The summed E-state index contributed by atoms with van der Waals surface area (Å²) in [5.74, 6) is -0.832. The number of hydrogen-bond donors (Lipinski definition) is 4. The van der Waals surface area contributed by atoms with E-state index in [4.69, 9.17) is 0 Å². The molecule has 2 heterocycles. The minimum absolute atomic E-state index is 0.377. The molecule has 0 aliphatic rings. The summed E-state index contributed by atoms with van der Waals surface area (Å²) < 4.78 is 13.2. The van der Waals surface area contributed by atoms with Gasteiger partial charge in [0.2, 0.25) is 6.41 Å². The molecule has 0 saturated carbocycles. The maximum absolute atomic E-state index is 13.2. The summed E-state index contributed by atoms with van der Waals surface area (Å²) >= 11 is 0. The van der Waals surface area contributed by atoms with Crippen LogP contribution >= 0.6 is 0 Å². The first-order valence-electron chi connectivity index (χ1n) is 5.31. The van der Waals surface area contributed by atoms with Crippen LogP contribution in [0, 0.1) is 5.82 Å². The zero-order valence-electron chi connectivity index (χ0n) is 9.44. The molecule has 0 saturated heterocycles. The van der Waals surface area contributed by atoms with Crippen molar-refractivity contribution in [1.29, 1.82) is 0 Å². The second-order valence-electron chi connectivity index (χ2n) is 3.83. The summed E-state index contributed by atoms with van der Waals surface area (Å²) in [5.41, 5.74) is 1.74. The van der Waals surface area contributed by atoms with Crippen LogP contribution in [-0.2, 0) is 4.79 Å². The molecule has 3 aromatic rings. The Morgan fingerprint density at radius 1 is 1.42 bits per heavy atom. The maximum atomic E-state index is 13.2. The van der Waals surface area contributed by atoms with Crippen molar-refractivity contribution in [2.45, 2.75) is 0 Å². The molecule has 0 aliphatic carbocycles. The third-order valence-electron chi connectivity index (χ3n) is 2.64. The second-order valence-corrected chi connectivity index (χ2v) is 3.83. The van der Waals surface area contributed by atoms with Gasteiger partial charge in [-0.25, -0.2) is 9.37 Å². The second kappa shape index (κ2) is 4.09. The zero-order chi connectivity index (χ0) is 13.4. The fourth-order valence-corrected chi connectivity index (χ4v) is 1.78. The number of fused-ring (bicyclic) bond motifs is 1. The Hall–Kier alpha value is -2.90. The summed E-state index contributed by atoms with van der Waals surface area (Å²) in [5, 5.41) is 18.2. The molecule has 3 rings (SSSR count). The fraction of sp³-hybridized carbons (Fsp3) is 0. The number of hydrogen-bond acceptors (Lipinski definition) is 4. The predicted molar refractivity (Wildman–Crippen MR) is 65.0 cm³/mol. The van der Waals surface area contributed by atoms with Crippen LogP contribution in [0.15, 0.2) is 18.3 Å². The average Bonchev–Trinajstić information content (AvgIpc) is 2.96. The third kappa shape index (κ3) is 1.79. The van der Waals surface area contributed by atoms with Gasteiger partial charge in [0.05, 0.1) is 22.9 Å². The van der Waals surface area contributed by atoms with E-state index in [2.05, 4.69) is 25.5 Å². The van der Waals surface area contributed by atoms with Gasteiger partial charge in [-0.1, -0.05) is 0 Å². The van der Waals surface area contributed by atoms with Gasteiger partial charge in [0, 0.05) is 12.1 Å². The summed E-state index contributed by atoms with van der Waals surface area (Å²) in [7, 11) is 0. The smallest absolute Gasteiger partial charge is 0.211 e. The first-order valence-corrected chi connectivity index (χ1v) is 5.31. The highest BCUT2D eigenvalue weighted by atomic mass is 19.1. The number of carbonyl (C=O) groups is 1. The van der Waals surface area contributed by atoms with Crippen LogP contribution in [0.4, 0.5) is 10.1 Å². The van der Waals surface area contributed by atoms with Gasteiger partial charge in [-0.2, -0.15) is 5.10 Å². The molecule has 19 heavy (non-hydrogen) atoms. The number of aromatic amines is 2. The minimum atomic E-state index is -0.737. The number of imidazole rings is 1. The first kappa shape index (κ1) is 11.2. The highest BCUT2D eigenvalue weighted by Crippen LogP contribution is 2.27. The predicted octanol–water partition coefficient (Wildman–Crippen LogP) is 1.37. The number of H-pyrrole nitrogens is 2. The van der Waals surface area contributed by atoms with E-state index in [1.165, 1.54) is 12.3 Å². The van der Waals surface area contributed by atoms with E-state index in [1.807, 2.05) is 0 Å². The Bertz CT molecular complexity index is 725. The van der Waals surface area contributed by atoms with E-state index >= 15 is 0 Å². The number of aromatic nitrogens is 4. The van der Waals surface area contributed by atoms with Crippen molar-refractivity contribution in [3.8, 4) is 17.3 Å². The van der Waals surface area contributed by atoms with Crippen LogP contribution in [0.2, 0.25) is 0 Å². The van der Waals surface area contributed by atoms with Gasteiger partial charge in [0.1, 0.15) is 5.69 Å². The van der Waals surface area contributed by atoms with Crippen molar-refractivity contribution in [3.63, 3.8) is 0 Å². The number of rotatable bonds is 3. The molecular formula is C11H8FN5O2. The minimum Gasteiger partial charge on any atom is -0.505 e. The van der Waals surface area contributed by atoms with Crippen molar-refractivity contribution in [2.75, 3.05) is 5.32 Å². The first-order chi connectivity index (χ1) is 9.19. The van der Waals surface area contributed by atoms with Crippen LogP contribution in [0.25, 0.3) is 22.6 Å². The monoisotopic (exact) mass is 261 g/mol. The number of nitrogens with zero attached hydrogens (tertiary/aromatic N) is 2.